The molecule has 0 aliphatic heterocycles. The van der Waals surface area contributed by atoms with E-state index in [-0.39, 0.29) is 12.8 Å². The molecule has 0 atom stereocenters. The molecule has 1 saturated carbocycles. The number of halogens is 3. The second-order valence-corrected chi connectivity index (χ2v) is 2.94. The molecule has 1 aliphatic carbocycles. The molecule has 12 heavy (non-hydrogen) atoms. The minimum Gasteiger partial charge on any atom is -0.465 e. The highest BCUT2D eigenvalue weighted by Gasteiger charge is 2.63. The van der Waals surface area contributed by atoms with Crippen LogP contribution in [0.15, 0.2) is 0 Å². The largest absolute Gasteiger partial charge is 0.465 e. The van der Waals surface area contributed by atoms with Gasteiger partial charge in [0, 0.05) is 6.54 Å². The normalized spacial score (nSPS) is 20.2. The van der Waals surface area contributed by atoms with Crippen LogP contribution in [0.2, 0.25) is 0 Å². The third kappa shape index (κ3) is 1.62. The van der Waals surface area contributed by atoms with Crippen molar-refractivity contribution in [2.75, 3.05) is 6.54 Å². The highest BCUT2D eigenvalue weighted by molar-refractivity contribution is 5.64. The van der Waals surface area contributed by atoms with E-state index in [1.807, 2.05) is 0 Å². The van der Waals surface area contributed by atoms with Gasteiger partial charge in [0.2, 0.25) is 0 Å². The summed E-state index contributed by atoms with van der Waals surface area (Å²) in [5.41, 5.74) is -1.77. The molecule has 0 unspecified atom stereocenters. The molecule has 70 valence electrons. The molecule has 0 spiro atoms. The van der Waals surface area contributed by atoms with Crippen molar-refractivity contribution < 1.29 is 23.1 Å². The number of carboxylic acid groups (broad SMARTS) is 1. The topological polar surface area (TPSA) is 49.3 Å². The van der Waals surface area contributed by atoms with Gasteiger partial charge in [-0.3, -0.25) is 0 Å². The standard InChI is InChI=1S/C6H8F3NO2/c7-6(8,9)5(1-2-5)3-10-4(11)12/h10H,1-3H2,(H,11,12). The molecule has 1 rings (SSSR count). The summed E-state index contributed by atoms with van der Waals surface area (Å²) in [4.78, 5) is 9.92. The molecular weight excluding hydrogens is 175 g/mol. The zero-order chi connectivity index (χ0) is 9.41. The molecule has 0 aromatic heterocycles. The lowest BCUT2D eigenvalue weighted by atomic mass is 10.1. The van der Waals surface area contributed by atoms with Crippen LogP contribution in [0, 0.1) is 5.41 Å². The van der Waals surface area contributed by atoms with E-state index in [4.69, 9.17) is 5.11 Å². The second-order valence-electron chi connectivity index (χ2n) is 2.94. The monoisotopic (exact) mass is 183 g/mol. The third-order valence-electron chi connectivity index (χ3n) is 2.03. The first-order valence-corrected chi connectivity index (χ1v) is 3.41. The van der Waals surface area contributed by atoms with Gasteiger partial charge in [-0.05, 0) is 12.8 Å². The molecule has 0 radical (unpaired) electrons. The van der Waals surface area contributed by atoms with Crippen molar-refractivity contribution in [3.63, 3.8) is 0 Å². The highest BCUT2D eigenvalue weighted by atomic mass is 19.4. The smallest absolute Gasteiger partial charge is 0.404 e. The predicted molar refractivity (Wildman–Crippen MR) is 33.7 cm³/mol. The van der Waals surface area contributed by atoms with Crippen molar-refractivity contribution in [2.45, 2.75) is 19.0 Å². The Morgan fingerprint density at radius 2 is 2.00 bits per heavy atom. The molecule has 1 fully saturated rings. The maximum atomic E-state index is 12.1. The Morgan fingerprint density at radius 1 is 1.50 bits per heavy atom. The van der Waals surface area contributed by atoms with Gasteiger partial charge in [0.1, 0.15) is 0 Å². The first-order valence-electron chi connectivity index (χ1n) is 3.41. The van der Waals surface area contributed by atoms with Crippen LogP contribution in [0.5, 0.6) is 0 Å². The first kappa shape index (κ1) is 9.15. The van der Waals surface area contributed by atoms with E-state index in [1.165, 1.54) is 0 Å². The van der Waals surface area contributed by atoms with E-state index >= 15 is 0 Å². The van der Waals surface area contributed by atoms with Gasteiger partial charge in [0.05, 0.1) is 5.41 Å². The van der Waals surface area contributed by atoms with Crippen LogP contribution in [-0.2, 0) is 0 Å². The van der Waals surface area contributed by atoms with E-state index in [9.17, 15) is 18.0 Å². The molecule has 3 nitrogen and oxygen atoms in total. The predicted octanol–water partition coefficient (Wildman–Crippen LogP) is 1.60. The van der Waals surface area contributed by atoms with Crippen molar-refractivity contribution in [1.82, 2.24) is 5.32 Å². The fraction of sp³-hybridized carbons (Fsp3) is 0.833. The lowest BCUT2D eigenvalue weighted by molar-refractivity contribution is -0.184. The molecule has 1 amide bonds. The Balaban J connectivity index is 2.46. The summed E-state index contributed by atoms with van der Waals surface area (Å²) in [6.07, 6.45) is -5.64. The molecular formula is C6H8F3NO2. The van der Waals surface area contributed by atoms with Crippen molar-refractivity contribution in [2.24, 2.45) is 5.41 Å². The maximum Gasteiger partial charge on any atom is 0.404 e. The first-order chi connectivity index (χ1) is 5.37. The van der Waals surface area contributed by atoms with Crippen molar-refractivity contribution in [3.8, 4) is 0 Å². The number of nitrogens with one attached hydrogen (secondary N) is 1. The maximum absolute atomic E-state index is 12.1. The summed E-state index contributed by atoms with van der Waals surface area (Å²) in [6, 6.07) is 0. The van der Waals surface area contributed by atoms with Gasteiger partial charge < -0.3 is 10.4 Å². The highest BCUT2D eigenvalue weighted by Crippen LogP contribution is 2.56. The van der Waals surface area contributed by atoms with Gasteiger partial charge in [-0.25, -0.2) is 4.79 Å². The van der Waals surface area contributed by atoms with Crippen molar-refractivity contribution in [3.05, 3.63) is 0 Å². The van der Waals surface area contributed by atoms with Gasteiger partial charge >= 0.3 is 12.3 Å². The summed E-state index contributed by atoms with van der Waals surface area (Å²) < 4.78 is 36.3. The number of carbonyl (C=O) groups is 1. The Bertz CT molecular complexity index is 197. The minimum absolute atomic E-state index is 0.0246. The Morgan fingerprint density at radius 3 is 2.25 bits per heavy atom. The zero-order valence-electron chi connectivity index (χ0n) is 6.11. The van der Waals surface area contributed by atoms with Crippen LogP contribution in [0.4, 0.5) is 18.0 Å². The molecule has 0 heterocycles. The quantitative estimate of drug-likeness (QED) is 0.683. The fourth-order valence-electron chi connectivity index (χ4n) is 0.956. The molecule has 0 saturated heterocycles. The summed E-state index contributed by atoms with van der Waals surface area (Å²) in [6.45, 7) is -0.522. The molecule has 0 aromatic rings. The van der Waals surface area contributed by atoms with Gasteiger partial charge in [0.25, 0.3) is 0 Å². The average molecular weight is 183 g/mol. The molecule has 0 bridgehead atoms. The van der Waals surface area contributed by atoms with E-state index in [0.717, 1.165) is 0 Å². The van der Waals surface area contributed by atoms with Crippen LogP contribution in [0.3, 0.4) is 0 Å². The molecule has 1 aliphatic rings. The van der Waals surface area contributed by atoms with Gasteiger partial charge in [-0.15, -0.1) is 0 Å². The Hall–Kier alpha value is -0.940. The van der Waals surface area contributed by atoms with Crippen LogP contribution in [0.25, 0.3) is 0 Å². The lowest BCUT2D eigenvalue weighted by Crippen LogP contribution is -2.37. The number of amides is 1. The zero-order valence-corrected chi connectivity index (χ0v) is 6.11. The second kappa shape index (κ2) is 2.53. The van der Waals surface area contributed by atoms with Crippen LogP contribution in [0.1, 0.15) is 12.8 Å². The van der Waals surface area contributed by atoms with Gasteiger partial charge in [-0.2, -0.15) is 13.2 Å². The summed E-state index contributed by atoms with van der Waals surface area (Å²) in [7, 11) is 0. The molecule has 0 aromatic carbocycles. The summed E-state index contributed by atoms with van der Waals surface area (Å²) >= 11 is 0. The lowest BCUT2D eigenvalue weighted by Gasteiger charge is -2.18. The third-order valence-corrected chi connectivity index (χ3v) is 2.03. The van der Waals surface area contributed by atoms with Crippen molar-refractivity contribution >= 4 is 6.09 Å². The van der Waals surface area contributed by atoms with E-state index < -0.39 is 24.2 Å². The number of hydrogen-bond acceptors (Lipinski definition) is 1. The Kier molecular flexibility index (Phi) is 1.93. The fourth-order valence-corrected chi connectivity index (χ4v) is 0.956. The number of alkyl halides is 3. The Labute approximate surface area is 66.6 Å². The van der Waals surface area contributed by atoms with E-state index in [0.29, 0.717) is 0 Å². The van der Waals surface area contributed by atoms with Gasteiger partial charge in [0.15, 0.2) is 0 Å². The minimum atomic E-state index is -4.28. The average Bonchev–Trinajstić information content (AvgIpc) is 2.60. The van der Waals surface area contributed by atoms with Crippen molar-refractivity contribution in [1.29, 1.82) is 0 Å². The van der Waals surface area contributed by atoms with Crippen LogP contribution in [-0.4, -0.2) is 23.9 Å². The molecule has 2 N–H and O–H groups in total. The molecule has 6 heteroatoms. The van der Waals surface area contributed by atoms with Crippen LogP contribution < -0.4 is 5.32 Å². The summed E-state index contributed by atoms with van der Waals surface area (Å²) in [5, 5.41) is 9.84. The number of rotatable bonds is 2. The summed E-state index contributed by atoms with van der Waals surface area (Å²) in [5.74, 6) is 0. The SMILES string of the molecule is O=C(O)NCC1(C(F)(F)F)CC1. The van der Waals surface area contributed by atoms with Crippen LogP contribution >= 0.6 is 0 Å². The van der Waals surface area contributed by atoms with Gasteiger partial charge in [-0.1, -0.05) is 0 Å². The van der Waals surface area contributed by atoms with E-state index in [2.05, 4.69) is 0 Å². The van der Waals surface area contributed by atoms with E-state index in [1.54, 1.807) is 5.32 Å². The number of hydrogen-bond donors (Lipinski definition) is 2.